The van der Waals surface area contributed by atoms with Crippen molar-refractivity contribution in [2.24, 2.45) is 0 Å². The third-order valence-corrected chi connectivity index (χ3v) is 4.93. The summed E-state index contributed by atoms with van der Waals surface area (Å²) in [6.07, 6.45) is -4.50. The number of amides is 1. The molecule has 4 aromatic rings. The normalized spacial score (nSPS) is 11.4. The average molecular weight is 470 g/mol. The fourth-order valence-corrected chi connectivity index (χ4v) is 3.30. The fraction of sp³-hybridized carbons (Fsp3) is 0.130. The maximum atomic E-state index is 13.0. The minimum absolute atomic E-state index is 0.0246. The van der Waals surface area contributed by atoms with Crippen molar-refractivity contribution in [3.63, 3.8) is 0 Å². The summed E-state index contributed by atoms with van der Waals surface area (Å²) in [4.78, 5) is 23.6. The summed E-state index contributed by atoms with van der Waals surface area (Å²) >= 11 is 0. The summed E-state index contributed by atoms with van der Waals surface area (Å²) in [7, 11) is 0. The fourth-order valence-electron chi connectivity index (χ4n) is 3.30. The zero-order chi connectivity index (χ0) is 24.5. The Morgan fingerprint density at radius 3 is 2.56 bits per heavy atom. The Morgan fingerprint density at radius 1 is 1.12 bits per heavy atom. The first-order chi connectivity index (χ1) is 16.1. The minimum Gasteiger partial charge on any atom is -0.460 e. The third-order valence-electron chi connectivity index (χ3n) is 4.93. The smallest absolute Gasteiger partial charge is 0.416 e. The van der Waals surface area contributed by atoms with Gasteiger partial charge in [0.25, 0.3) is 11.6 Å². The summed E-state index contributed by atoms with van der Waals surface area (Å²) in [6.45, 7) is 1.57. The molecule has 0 saturated heterocycles. The Morgan fingerprint density at radius 2 is 1.88 bits per heavy atom. The van der Waals surface area contributed by atoms with Gasteiger partial charge < -0.3 is 9.73 Å². The second kappa shape index (κ2) is 8.85. The molecule has 0 aliphatic rings. The van der Waals surface area contributed by atoms with E-state index in [1.807, 2.05) is 0 Å². The molecule has 0 aliphatic heterocycles. The molecule has 1 amide bonds. The number of nitrogens with zero attached hydrogens (tertiary/aromatic N) is 3. The first kappa shape index (κ1) is 22.8. The highest BCUT2D eigenvalue weighted by atomic mass is 19.4. The van der Waals surface area contributed by atoms with E-state index in [0.29, 0.717) is 17.2 Å². The van der Waals surface area contributed by atoms with Crippen LogP contribution >= 0.6 is 0 Å². The van der Waals surface area contributed by atoms with Crippen molar-refractivity contribution in [1.82, 2.24) is 15.1 Å². The maximum absolute atomic E-state index is 13.0. The first-order valence-electron chi connectivity index (χ1n) is 9.98. The molecule has 0 spiro atoms. The van der Waals surface area contributed by atoms with Gasteiger partial charge in [0.05, 0.1) is 16.2 Å². The van der Waals surface area contributed by atoms with Gasteiger partial charge in [-0.05, 0) is 42.8 Å². The second-order valence-corrected chi connectivity index (χ2v) is 7.39. The van der Waals surface area contributed by atoms with Crippen LogP contribution in [0.5, 0.6) is 0 Å². The van der Waals surface area contributed by atoms with E-state index in [9.17, 15) is 28.1 Å². The van der Waals surface area contributed by atoms with Crippen molar-refractivity contribution in [2.75, 3.05) is 0 Å². The molecule has 0 unspecified atom stereocenters. The zero-order valence-corrected chi connectivity index (χ0v) is 17.7. The predicted octanol–water partition coefficient (Wildman–Crippen LogP) is 5.30. The summed E-state index contributed by atoms with van der Waals surface area (Å²) in [5.41, 5.74) is -0.171. The molecule has 8 nitrogen and oxygen atoms in total. The zero-order valence-electron chi connectivity index (χ0n) is 17.7. The number of aromatic nitrogens is 2. The van der Waals surface area contributed by atoms with Gasteiger partial charge in [0, 0.05) is 24.7 Å². The number of nitro benzene ring substituents is 1. The molecule has 0 fully saturated rings. The third kappa shape index (κ3) is 4.82. The van der Waals surface area contributed by atoms with E-state index in [1.165, 1.54) is 41.1 Å². The number of alkyl halides is 3. The number of halogens is 3. The van der Waals surface area contributed by atoms with E-state index < -0.39 is 22.6 Å². The van der Waals surface area contributed by atoms with E-state index in [-0.39, 0.29) is 29.2 Å². The number of non-ortho nitro benzene ring substituents is 1. The molecule has 1 N–H and O–H groups in total. The molecule has 0 aliphatic carbocycles. The van der Waals surface area contributed by atoms with E-state index in [4.69, 9.17) is 4.42 Å². The highest BCUT2D eigenvalue weighted by molar-refractivity contribution is 5.94. The Balaban J connectivity index is 1.67. The van der Waals surface area contributed by atoms with Gasteiger partial charge in [-0.3, -0.25) is 14.9 Å². The lowest BCUT2D eigenvalue weighted by Crippen LogP contribution is -2.25. The van der Waals surface area contributed by atoms with Crippen LogP contribution in [-0.2, 0) is 12.7 Å². The number of furan rings is 1. The molecule has 4 rings (SSSR count). The lowest BCUT2D eigenvalue weighted by molar-refractivity contribution is -0.384. The quantitative estimate of drug-likeness (QED) is 0.304. The SMILES string of the molecule is Cc1ccc(-c2cc(C(=O)NCc3cccc(C(F)(F)F)c3)n(-c3cccc([N+](=O)[O-])c3)n2)o1. The number of benzene rings is 2. The topological polar surface area (TPSA) is 103 Å². The Labute approximate surface area is 190 Å². The maximum Gasteiger partial charge on any atom is 0.416 e. The highest BCUT2D eigenvalue weighted by Crippen LogP contribution is 2.30. The number of aryl methyl sites for hydroxylation is 1. The van der Waals surface area contributed by atoms with Gasteiger partial charge in [-0.1, -0.05) is 18.2 Å². The van der Waals surface area contributed by atoms with Crippen molar-refractivity contribution in [3.8, 4) is 17.1 Å². The van der Waals surface area contributed by atoms with E-state index in [0.717, 1.165) is 12.1 Å². The number of hydrogen-bond donors (Lipinski definition) is 1. The van der Waals surface area contributed by atoms with E-state index in [1.54, 1.807) is 25.1 Å². The molecule has 2 heterocycles. The van der Waals surface area contributed by atoms with Gasteiger partial charge >= 0.3 is 6.18 Å². The lowest BCUT2D eigenvalue weighted by Gasteiger charge is -2.10. The van der Waals surface area contributed by atoms with Gasteiger partial charge in [-0.25, -0.2) is 4.68 Å². The van der Waals surface area contributed by atoms with Gasteiger partial charge in [0.2, 0.25) is 0 Å². The van der Waals surface area contributed by atoms with Crippen molar-refractivity contribution < 1.29 is 27.3 Å². The van der Waals surface area contributed by atoms with Crippen LogP contribution in [0.3, 0.4) is 0 Å². The van der Waals surface area contributed by atoms with Crippen molar-refractivity contribution >= 4 is 11.6 Å². The Hall–Kier alpha value is -4.41. The van der Waals surface area contributed by atoms with Gasteiger partial charge in [0.15, 0.2) is 5.76 Å². The number of rotatable bonds is 6. The Kier molecular flexibility index (Phi) is 5.93. The summed E-state index contributed by atoms with van der Waals surface area (Å²) < 4.78 is 45.7. The van der Waals surface area contributed by atoms with Crippen molar-refractivity contribution in [1.29, 1.82) is 0 Å². The average Bonchev–Trinajstić information content (AvgIpc) is 3.44. The monoisotopic (exact) mass is 470 g/mol. The van der Waals surface area contributed by atoms with Crippen molar-refractivity contribution in [3.05, 3.63) is 99.4 Å². The molecule has 0 saturated carbocycles. The standard InChI is InChI=1S/C23H17F3N4O4/c1-14-8-9-21(34-14)19-12-20(29(28-19)17-6-3-7-18(11-17)30(32)33)22(31)27-13-15-4-2-5-16(10-15)23(24,25)26/h2-12H,13H2,1H3,(H,27,31). The van der Waals surface area contributed by atoms with Crippen LogP contribution in [0.25, 0.3) is 17.1 Å². The molecular weight excluding hydrogens is 453 g/mol. The van der Waals surface area contributed by atoms with E-state index >= 15 is 0 Å². The van der Waals surface area contributed by atoms with Gasteiger partial charge in [0.1, 0.15) is 17.1 Å². The Bertz CT molecular complexity index is 1370. The first-order valence-corrected chi connectivity index (χ1v) is 9.98. The lowest BCUT2D eigenvalue weighted by atomic mass is 10.1. The van der Waals surface area contributed by atoms with Crippen LogP contribution in [0.15, 0.2) is 71.1 Å². The minimum atomic E-state index is -4.50. The van der Waals surface area contributed by atoms with Gasteiger partial charge in [-0.15, -0.1) is 0 Å². The van der Waals surface area contributed by atoms with Crippen LogP contribution < -0.4 is 5.32 Å². The van der Waals surface area contributed by atoms with Crippen LogP contribution in [0, 0.1) is 17.0 Å². The number of nitro groups is 1. The van der Waals surface area contributed by atoms with Crippen LogP contribution in [0.1, 0.15) is 27.4 Å². The predicted molar refractivity (Wildman–Crippen MR) is 115 cm³/mol. The summed E-state index contributed by atoms with van der Waals surface area (Å²) in [6, 6.07) is 15.0. The van der Waals surface area contributed by atoms with Crippen LogP contribution in [0.2, 0.25) is 0 Å². The van der Waals surface area contributed by atoms with E-state index in [2.05, 4.69) is 10.4 Å². The number of nitrogens with one attached hydrogen (secondary N) is 1. The van der Waals surface area contributed by atoms with Crippen LogP contribution in [-0.4, -0.2) is 20.6 Å². The molecule has 0 atom stereocenters. The largest absolute Gasteiger partial charge is 0.460 e. The van der Waals surface area contributed by atoms with Crippen LogP contribution in [0.4, 0.5) is 18.9 Å². The second-order valence-electron chi connectivity index (χ2n) is 7.39. The summed E-state index contributed by atoms with van der Waals surface area (Å²) in [5, 5.41) is 18.1. The summed E-state index contributed by atoms with van der Waals surface area (Å²) in [5.74, 6) is 0.370. The highest BCUT2D eigenvalue weighted by Gasteiger charge is 2.30. The number of hydrogen-bond acceptors (Lipinski definition) is 5. The molecule has 0 radical (unpaired) electrons. The molecule has 174 valence electrons. The molecule has 34 heavy (non-hydrogen) atoms. The number of carbonyl (C=O) groups excluding carboxylic acids is 1. The molecule has 11 heteroatoms. The molecule has 0 bridgehead atoms. The van der Waals surface area contributed by atoms with Crippen molar-refractivity contribution in [2.45, 2.75) is 19.6 Å². The number of carbonyl (C=O) groups is 1. The van der Waals surface area contributed by atoms with Gasteiger partial charge in [-0.2, -0.15) is 18.3 Å². The molecule has 2 aromatic carbocycles. The molecule has 2 aromatic heterocycles. The molecular formula is C23H17F3N4O4.